The summed E-state index contributed by atoms with van der Waals surface area (Å²) in [6.45, 7) is 0. The second-order valence-electron chi connectivity index (χ2n) is 3.42. The lowest BCUT2D eigenvalue weighted by molar-refractivity contribution is 0.0697. The standard InChI is InChI=1S/C11H10N2O3/c1-13-6-9(11(15)16)10(12-13)7-2-4-8(14)5-3-7/h2-6,14H,1H3,(H,15,16). The molecular formula is C11H10N2O3. The average molecular weight is 218 g/mol. The largest absolute Gasteiger partial charge is 0.508 e. The van der Waals surface area contributed by atoms with E-state index in [9.17, 15) is 4.79 Å². The minimum atomic E-state index is -1.02. The van der Waals surface area contributed by atoms with Crippen molar-refractivity contribution in [2.24, 2.45) is 7.05 Å². The van der Waals surface area contributed by atoms with Crippen LogP contribution in [0.3, 0.4) is 0 Å². The number of rotatable bonds is 2. The molecule has 5 heteroatoms. The molecule has 0 radical (unpaired) electrons. The van der Waals surface area contributed by atoms with Gasteiger partial charge in [0, 0.05) is 18.8 Å². The molecule has 5 nitrogen and oxygen atoms in total. The first kappa shape index (κ1) is 10.2. The van der Waals surface area contributed by atoms with Gasteiger partial charge in [0.1, 0.15) is 17.0 Å². The lowest BCUT2D eigenvalue weighted by Crippen LogP contribution is -1.96. The smallest absolute Gasteiger partial charge is 0.339 e. The average Bonchev–Trinajstić information content (AvgIpc) is 2.61. The number of phenols is 1. The molecule has 1 aromatic carbocycles. The number of aromatic hydroxyl groups is 1. The van der Waals surface area contributed by atoms with E-state index >= 15 is 0 Å². The van der Waals surface area contributed by atoms with Crippen LogP contribution >= 0.6 is 0 Å². The second-order valence-corrected chi connectivity index (χ2v) is 3.42. The van der Waals surface area contributed by atoms with E-state index in [1.165, 1.54) is 23.0 Å². The molecular weight excluding hydrogens is 208 g/mol. The molecule has 82 valence electrons. The molecule has 2 rings (SSSR count). The highest BCUT2D eigenvalue weighted by atomic mass is 16.4. The molecule has 0 saturated carbocycles. The van der Waals surface area contributed by atoms with E-state index < -0.39 is 5.97 Å². The van der Waals surface area contributed by atoms with Gasteiger partial charge in [-0.15, -0.1) is 0 Å². The number of carboxylic acid groups (broad SMARTS) is 1. The number of aryl methyl sites for hydroxylation is 1. The van der Waals surface area contributed by atoms with Crippen LogP contribution in [0.25, 0.3) is 11.3 Å². The van der Waals surface area contributed by atoms with Gasteiger partial charge >= 0.3 is 5.97 Å². The minimum Gasteiger partial charge on any atom is -0.508 e. The monoisotopic (exact) mass is 218 g/mol. The summed E-state index contributed by atoms with van der Waals surface area (Å²) < 4.78 is 1.45. The predicted octanol–water partition coefficient (Wildman–Crippen LogP) is 1.49. The zero-order chi connectivity index (χ0) is 11.7. The summed E-state index contributed by atoms with van der Waals surface area (Å²) in [6, 6.07) is 6.25. The van der Waals surface area contributed by atoms with Crippen LogP contribution in [0.15, 0.2) is 30.5 Å². The topological polar surface area (TPSA) is 75.4 Å². The van der Waals surface area contributed by atoms with E-state index in [0.29, 0.717) is 11.3 Å². The number of hydrogen-bond acceptors (Lipinski definition) is 3. The van der Waals surface area contributed by atoms with E-state index in [4.69, 9.17) is 10.2 Å². The number of phenolic OH excluding ortho intramolecular Hbond substituents is 1. The number of carbonyl (C=O) groups is 1. The van der Waals surface area contributed by atoms with Gasteiger partial charge in [-0.3, -0.25) is 4.68 Å². The molecule has 0 aliphatic heterocycles. The van der Waals surface area contributed by atoms with Gasteiger partial charge in [-0.2, -0.15) is 5.10 Å². The van der Waals surface area contributed by atoms with Gasteiger partial charge in [0.15, 0.2) is 0 Å². The first-order valence-electron chi connectivity index (χ1n) is 4.64. The van der Waals surface area contributed by atoms with Crippen LogP contribution < -0.4 is 0 Å². The van der Waals surface area contributed by atoms with Crippen molar-refractivity contribution < 1.29 is 15.0 Å². The summed E-state index contributed by atoms with van der Waals surface area (Å²) >= 11 is 0. The molecule has 2 aromatic rings. The summed E-state index contributed by atoms with van der Waals surface area (Å²) in [5.74, 6) is -0.882. The van der Waals surface area contributed by atoms with Crippen molar-refractivity contribution in [2.75, 3.05) is 0 Å². The normalized spacial score (nSPS) is 10.3. The Morgan fingerprint density at radius 1 is 1.31 bits per heavy atom. The number of hydrogen-bond donors (Lipinski definition) is 2. The van der Waals surface area contributed by atoms with E-state index in [-0.39, 0.29) is 11.3 Å². The molecule has 1 heterocycles. The van der Waals surface area contributed by atoms with Crippen LogP contribution in [0, 0.1) is 0 Å². The third kappa shape index (κ3) is 1.75. The molecule has 16 heavy (non-hydrogen) atoms. The quantitative estimate of drug-likeness (QED) is 0.800. The number of aromatic nitrogens is 2. The van der Waals surface area contributed by atoms with Crippen molar-refractivity contribution in [3.8, 4) is 17.0 Å². The van der Waals surface area contributed by atoms with Crippen molar-refractivity contribution in [1.29, 1.82) is 0 Å². The molecule has 0 amide bonds. The van der Waals surface area contributed by atoms with Gasteiger partial charge in [0.2, 0.25) is 0 Å². The number of benzene rings is 1. The first-order chi connectivity index (χ1) is 7.58. The molecule has 0 atom stereocenters. The third-order valence-electron chi connectivity index (χ3n) is 2.20. The Hall–Kier alpha value is -2.30. The summed E-state index contributed by atoms with van der Waals surface area (Å²) in [7, 11) is 1.66. The van der Waals surface area contributed by atoms with Crippen molar-refractivity contribution in [1.82, 2.24) is 9.78 Å². The summed E-state index contributed by atoms with van der Waals surface area (Å²) in [4.78, 5) is 11.0. The highest BCUT2D eigenvalue weighted by molar-refractivity contribution is 5.94. The first-order valence-corrected chi connectivity index (χ1v) is 4.64. The Labute approximate surface area is 91.6 Å². The van der Waals surface area contributed by atoms with E-state index in [0.717, 1.165) is 0 Å². The molecule has 0 bridgehead atoms. The Morgan fingerprint density at radius 3 is 2.50 bits per heavy atom. The van der Waals surface area contributed by atoms with Crippen LogP contribution in [-0.2, 0) is 7.05 Å². The van der Waals surface area contributed by atoms with Crippen molar-refractivity contribution in [3.63, 3.8) is 0 Å². The van der Waals surface area contributed by atoms with Crippen LogP contribution in [0.5, 0.6) is 5.75 Å². The molecule has 0 fully saturated rings. The second kappa shape index (κ2) is 3.69. The van der Waals surface area contributed by atoms with Crippen LogP contribution in [-0.4, -0.2) is 26.0 Å². The van der Waals surface area contributed by atoms with Gasteiger partial charge in [0.05, 0.1) is 0 Å². The van der Waals surface area contributed by atoms with Gasteiger partial charge in [0.25, 0.3) is 0 Å². The fraction of sp³-hybridized carbons (Fsp3) is 0.0909. The summed E-state index contributed by atoms with van der Waals surface area (Å²) in [6.07, 6.45) is 1.45. The third-order valence-corrected chi connectivity index (χ3v) is 2.20. The Kier molecular flexibility index (Phi) is 2.36. The van der Waals surface area contributed by atoms with Gasteiger partial charge in [-0.05, 0) is 24.3 Å². The molecule has 0 aliphatic rings. The minimum absolute atomic E-state index is 0.136. The molecule has 0 aliphatic carbocycles. The molecule has 1 aromatic heterocycles. The van der Waals surface area contributed by atoms with Gasteiger partial charge in [-0.25, -0.2) is 4.79 Å². The van der Waals surface area contributed by atoms with Crippen molar-refractivity contribution >= 4 is 5.97 Å². The van der Waals surface area contributed by atoms with Crippen LogP contribution in [0.2, 0.25) is 0 Å². The zero-order valence-electron chi connectivity index (χ0n) is 8.58. The molecule has 0 unspecified atom stereocenters. The molecule has 0 spiro atoms. The van der Waals surface area contributed by atoms with Gasteiger partial charge in [-0.1, -0.05) is 0 Å². The maximum atomic E-state index is 11.0. The van der Waals surface area contributed by atoms with E-state index in [1.807, 2.05) is 0 Å². The van der Waals surface area contributed by atoms with Crippen LogP contribution in [0.4, 0.5) is 0 Å². The maximum absolute atomic E-state index is 11.0. The molecule has 2 N–H and O–H groups in total. The van der Waals surface area contributed by atoms with E-state index in [1.54, 1.807) is 19.2 Å². The Morgan fingerprint density at radius 2 is 1.94 bits per heavy atom. The lowest BCUT2D eigenvalue weighted by atomic mass is 10.1. The highest BCUT2D eigenvalue weighted by Gasteiger charge is 2.15. The maximum Gasteiger partial charge on any atom is 0.339 e. The predicted molar refractivity (Wildman–Crippen MR) is 57.3 cm³/mol. The van der Waals surface area contributed by atoms with E-state index in [2.05, 4.69) is 5.10 Å². The lowest BCUT2D eigenvalue weighted by Gasteiger charge is -1.98. The summed E-state index contributed by atoms with van der Waals surface area (Å²) in [5.41, 5.74) is 1.21. The summed E-state index contributed by atoms with van der Waals surface area (Å²) in [5, 5.41) is 22.2. The number of carboxylic acids is 1. The van der Waals surface area contributed by atoms with Crippen molar-refractivity contribution in [3.05, 3.63) is 36.0 Å². The fourth-order valence-electron chi connectivity index (χ4n) is 1.48. The fourth-order valence-corrected chi connectivity index (χ4v) is 1.48. The molecule has 0 saturated heterocycles. The van der Waals surface area contributed by atoms with Crippen molar-refractivity contribution in [2.45, 2.75) is 0 Å². The zero-order valence-corrected chi connectivity index (χ0v) is 8.58. The number of nitrogens with zero attached hydrogens (tertiary/aromatic N) is 2. The Balaban J connectivity index is 2.55. The van der Waals surface area contributed by atoms with Gasteiger partial charge < -0.3 is 10.2 Å². The highest BCUT2D eigenvalue weighted by Crippen LogP contribution is 2.23. The Bertz CT molecular complexity index is 529. The SMILES string of the molecule is Cn1cc(C(=O)O)c(-c2ccc(O)cc2)n1. The number of aromatic carboxylic acids is 1. The van der Waals surface area contributed by atoms with Crippen LogP contribution in [0.1, 0.15) is 10.4 Å².